The second-order valence-corrected chi connectivity index (χ2v) is 11.7. The summed E-state index contributed by atoms with van der Waals surface area (Å²) in [6.07, 6.45) is 0.728. The van der Waals surface area contributed by atoms with Gasteiger partial charge in [0.05, 0.1) is 11.7 Å². The van der Waals surface area contributed by atoms with E-state index in [2.05, 4.69) is 67.2 Å². The molecule has 1 aliphatic heterocycles. The van der Waals surface area contributed by atoms with Crippen LogP contribution in [-0.2, 0) is 11.8 Å². The first-order chi connectivity index (χ1) is 20.3. The van der Waals surface area contributed by atoms with E-state index >= 15 is 0 Å². The van der Waals surface area contributed by atoms with Crippen LogP contribution >= 0.6 is 11.6 Å². The molecule has 6 heteroatoms. The van der Waals surface area contributed by atoms with Gasteiger partial charge in [-0.1, -0.05) is 98.1 Å². The van der Waals surface area contributed by atoms with Gasteiger partial charge >= 0.3 is 0 Å². The molecule has 0 saturated carbocycles. The first-order valence-corrected chi connectivity index (χ1v) is 14.8. The molecular weight excluding hydrogens is 542 g/mol. The van der Waals surface area contributed by atoms with E-state index in [1.54, 1.807) is 24.3 Å². The number of rotatable bonds is 7. The van der Waals surface area contributed by atoms with E-state index in [0.717, 1.165) is 39.7 Å². The van der Waals surface area contributed by atoms with Gasteiger partial charge in [-0.25, -0.2) is 0 Å². The Morgan fingerprint density at radius 2 is 1.60 bits per heavy atom. The lowest BCUT2D eigenvalue weighted by molar-refractivity contribution is -0.122. The van der Waals surface area contributed by atoms with Gasteiger partial charge in [0.25, 0.3) is 5.91 Å². The molecule has 0 fully saturated rings. The maximum atomic E-state index is 14.4. The quantitative estimate of drug-likeness (QED) is 0.212. The molecule has 2 heterocycles. The van der Waals surface area contributed by atoms with Crippen molar-refractivity contribution in [3.05, 3.63) is 124 Å². The fraction of sp³-hybridized carbons (Fsp3) is 0.222. The summed E-state index contributed by atoms with van der Waals surface area (Å²) in [5.74, 6) is -0.444. The number of carbonyl (C=O) groups excluding carboxylic acids is 2. The third-order valence-electron chi connectivity index (χ3n) is 8.61. The van der Waals surface area contributed by atoms with E-state index in [9.17, 15) is 9.59 Å². The Morgan fingerprint density at radius 1 is 0.929 bits per heavy atom. The number of para-hydroxylation sites is 1. The van der Waals surface area contributed by atoms with E-state index in [1.165, 1.54) is 5.56 Å². The number of halogens is 1. The van der Waals surface area contributed by atoms with Crippen molar-refractivity contribution >= 4 is 40.0 Å². The molecule has 0 spiro atoms. The molecule has 42 heavy (non-hydrogen) atoms. The number of benzene rings is 4. The Labute approximate surface area is 251 Å². The first-order valence-electron chi connectivity index (χ1n) is 14.4. The zero-order valence-corrected chi connectivity index (χ0v) is 25.0. The molecule has 1 N–H and O–H groups in total. The van der Waals surface area contributed by atoms with Crippen LogP contribution in [0.15, 0.2) is 97.1 Å². The number of aryl methyl sites for hydroxylation is 2. The highest BCUT2D eigenvalue weighted by atomic mass is 35.5. The monoisotopic (exact) mass is 575 g/mol. The minimum absolute atomic E-state index is 0.101. The van der Waals surface area contributed by atoms with Gasteiger partial charge in [0.1, 0.15) is 6.04 Å². The number of fused-ring (bicyclic) bond motifs is 2. The van der Waals surface area contributed by atoms with Gasteiger partial charge < -0.3 is 14.8 Å². The molecule has 5 aromatic rings. The second-order valence-electron chi connectivity index (χ2n) is 11.2. The van der Waals surface area contributed by atoms with Crippen LogP contribution in [0.4, 0.5) is 5.69 Å². The number of aromatic nitrogens is 1. The maximum Gasteiger partial charge on any atom is 0.255 e. The molecule has 0 bridgehead atoms. The zero-order chi connectivity index (χ0) is 29.5. The van der Waals surface area contributed by atoms with Crippen molar-refractivity contribution in [2.45, 2.75) is 39.3 Å². The number of nitrogens with zero attached hydrogens (tertiary/aromatic N) is 2. The lowest BCUT2D eigenvalue weighted by Crippen LogP contribution is -2.50. The van der Waals surface area contributed by atoms with Crippen LogP contribution in [0, 0.1) is 12.8 Å². The van der Waals surface area contributed by atoms with Crippen molar-refractivity contribution in [3.8, 4) is 11.3 Å². The normalized spacial score (nSPS) is 16.0. The minimum atomic E-state index is -0.708. The van der Waals surface area contributed by atoms with E-state index in [-0.39, 0.29) is 17.7 Å². The number of hydrogen-bond acceptors (Lipinski definition) is 2. The van der Waals surface area contributed by atoms with Crippen LogP contribution in [0.5, 0.6) is 0 Å². The SMILES string of the molecule is CCC(C)C(C(=O)Nc1ccc(Cl)cc1)N1C(=O)c2ccccc2C1c1c(-c2ccc(C)cc2)n(C)c2ccccc12. The summed E-state index contributed by atoms with van der Waals surface area (Å²) in [4.78, 5) is 30.4. The molecule has 0 radical (unpaired) electrons. The molecule has 6 rings (SSSR count). The highest BCUT2D eigenvalue weighted by molar-refractivity contribution is 6.30. The standard InChI is InChI=1S/C36H34ClN3O2/c1-5-23(3)32(35(41)38-26-20-18-25(37)19-21-26)40-34(27-10-6-7-11-28(27)36(40)42)31-29-12-8-9-13-30(29)39(4)33(31)24-16-14-22(2)15-17-24/h6-21,23,32,34H,5H2,1-4H3,(H,38,41). The number of hydrogen-bond donors (Lipinski definition) is 1. The van der Waals surface area contributed by atoms with Crippen molar-refractivity contribution in [1.29, 1.82) is 0 Å². The van der Waals surface area contributed by atoms with E-state index in [1.807, 2.05) is 48.2 Å². The third-order valence-corrected chi connectivity index (χ3v) is 8.86. The Bertz CT molecular complexity index is 1790. The maximum absolute atomic E-state index is 14.4. The van der Waals surface area contributed by atoms with Crippen molar-refractivity contribution in [3.63, 3.8) is 0 Å². The molecule has 0 aliphatic carbocycles. The van der Waals surface area contributed by atoms with Crippen LogP contribution in [0.1, 0.15) is 53.4 Å². The predicted molar refractivity (Wildman–Crippen MR) is 171 cm³/mol. The zero-order valence-electron chi connectivity index (χ0n) is 24.3. The summed E-state index contributed by atoms with van der Waals surface area (Å²) in [5, 5.41) is 4.74. The summed E-state index contributed by atoms with van der Waals surface area (Å²) >= 11 is 6.10. The highest BCUT2D eigenvalue weighted by Crippen LogP contribution is 2.48. The molecule has 212 valence electrons. The van der Waals surface area contributed by atoms with Crippen LogP contribution in [-0.4, -0.2) is 27.3 Å². The molecule has 1 aromatic heterocycles. The summed E-state index contributed by atoms with van der Waals surface area (Å²) in [6.45, 7) is 6.19. The van der Waals surface area contributed by atoms with Crippen molar-refractivity contribution in [2.24, 2.45) is 13.0 Å². The van der Waals surface area contributed by atoms with E-state index in [0.29, 0.717) is 16.3 Å². The third kappa shape index (κ3) is 4.68. The first kappa shape index (κ1) is 27.8. The van der Waals surface area contributed by atoms with Crippen LogP contribution in [0.3, 0.4) is 0 Å². The summed E-state index contributed by atoms with van der Waals surface area (Å²) in [7, 11) is 2.08. The molecular formula is C36H34ClN3O2. The van der Waals surface area contributed by atoms with Gasteiger partial charge in [-0.2, -0.15) is 0 Å². The molecule has 1 aliphatic rings. The molecule has 2 amide bonds. The van der Waals surface area contributed by atoms with Gasteiger partial charge in [-0.15, -0.1) is 0 Å². The number of anilines is 1. The average Bonchev–Trinajstić information content (AvgIpc) is 3.45. The van der Waals surface area contributed by atoms with Gasteiger partial charge in [-0.05, 0) is 60.4 Å². The largest absolute Gasteiger partial charge is 0.343 e. The van der Waals surface area contributed by atoms with Gasteiger partial charge in [0.2, 0.25) is 5.91 Å². The Morgan fingerprint density at radius 3 is 2.31 bits per heavy atom. The lowest BCUT2D eigenvalue weighted by atomic mass is 9.90. The van der Waals surface area contributed by atoms with Gasteiger partial charge in [-0.3, -0.25) is 9.59 Å². The smallest absolute Gasteiger partial charge is 0.255 e. The summed E-state index contributed by atoms with van der Waals surface area (Å²) < 4.78 is 2.21. The Balaban J connectivity index is 1.58. The molecule has 3 unspecified atom stereocenters. The van der Waals surface area contributed by atoms with Gasteiger partial charge in [0.15, 0.2) is 0 Å². The highest BCUT2D eigenvalue weighted by Gasteiger charge is 2.47. The minimum Gasteiger partial charge on any atom is -0.343 e. The average molecular weight is 576 g/mol. The number of amides is 2. The topological polar surface area (TPSA) is 54.3 Å². The van der Waals surface area contributed by atoms with Crippen molar-refractivity contribution in [1.82, 2.24) is 9.47 Å². The van der Waals surface area contributed by atoms with Crippen LogP contribution < -0.4 is 5.32 Å². The Kier molecular flexibility index (Phi) is 7.38. The van der Waals surface area contributed by atoms with E-state index in [4.69, 9.17) is 11.6 Å². The molecule has 0 saturated heterocycles. The fourth-order valence-corrected chi connectivity index (χ4v) is 6.44. The van der Waals surface area contributed by atoms with Crippen molar-refractivity contribution < 1.29 is 9.59 Å². The predicted octanol–water partition coefficient (Wildman–Crippen LogP) is 8.41. The molecule has 4 aromatic carbocycles. The number of carbonyl (C=O) groups is 2. The Hall–Kier alpha value is -4.35. The van der Waals surface area contributed by atoms with Crippen LogP contribution in [0.25, 0.3) is 22.2 Å². The van der Waals surface area contributed by atoms with E-state index < -0.39 is 12.1 Å². The number of nitrogens with one attached hydrogen (secondary N) is 1. The second kappa shape index (κ2) is 11.1. The van der Waals surface area contributed by atoms with Gasteiger partial charge in [0, 0.05) is 39.8 Å². The summed E-state index contributed by atoms with van der Waals surface area (Å²) in [5.41, 5.74) is 7.58. The lowest BCUT2D eigenvalue weighted by Gasteiger charge is -2.36. The molecule has 3 atom stereocenters. The molecule has 5 nitrogen and oxygen atoms in total. The van der Waals surface area contributed by atoms with Crippen molar-refractivity contribution in [2.75, 3.05) is 5.32 Å². The summed E-state index contributed by atoms with van der Waals surface area (Å²) in [6, 6.07) is 30.5. The fourth-order valence-electron chi connectivity index (χ4n) is 6.31. The van der Waals surface area contributed by atoms with Crippen LogP contribution in [0.2, 0.25) is 5.02 Å².